The molecule has 2 aliphatic rings. The first kappa shape index (κ1) is 18.2. The summed E-state index contributed by atoms with van der Waals surface area (Å²) in [6.45, 7) is 3.36. The second-order valence-corrected chi connectivity index (χ2v) is 7.28. The third kappa shape index (κ3) is 3.25. The van der Waals surface area contributed by atoms with Crippen molar-refractivity contribution in [3.63, 3.8) is 0 Å². The molecule has 0 radical (unpaired) electrons. The van der Waals surface area contributed by atoms with Crippen molar-refractivity contribution in [2.24, 2.45) is 5.92 Å². The van der Waals surface area contributed by atoms with Crippen LogP contribution in [0.1, 0.15) is 30.4 Å². The minimum Gasteiger partial charge on any atom is -0.481 e. The molecule has 26 heavy (non-hydrogen) atoms. The monoisotopic (exact) mass is 359 g/mol. The maximum absolute atomic E-state index is 12.4. The Labute approximate surface area is 153 Å². The predicted octanol–water partition coefficient (Wildman–Crippen LogP) is 1.60. The normalized spacial score (nSPS) is 21.9. The molecule has 7 nitrogen and oxygen atoms in total. The molecule has 1 spiro atoms. The summed E-state index contributed by atoms with van der Waals surface area (Å²) in [6.07, 6.45) is 1.03. The van der Waals surface area contributed by atoms with Crippen molar-refractivity contribution >= 4 is 17.9 Å². The summed E-state index contributed by atoms with van der Waals surface area (Å²) in [4.78, 5) is 39.3. The van der Waals surface area contributed by atoms with Gasteiger partial charge in [-0.15, -0.1) is 0 Å². The molecule has 1 atom stereocenters. The van der Waals surface area contributed by atoms with Crippen molar-refractivity contribution in [1.29, 1.82) is 0 Å². The zero-order valence-corrected chi connectivity index (χ0v) is 15.2. The van der Waals surface area contributed by atoms with Crippen LogP contribution in [0.2, 0.25) is 0 Å². The van der Waals surface area contributed by atoms with Gasteiger partial charge in [0.15, 0.2) is 0 Å². The van der Waals surface area contributed by atoms with Crippen LogP contribution in [0.15, 0.2) is 24.3 Å². The van der Waals surface area contributed by atoms with Crippen LogP contribution in [0.5, 0.6) is 0 Å². The molecule has 3 amide bonds. The van der Waals surface area contributed by atoms with Crippen molar-refractivity contribution < 1.29 is 19.5 Å². The van der Waals surface area contributed by atoms with Gasteiger partial charge in [-0.3, -0.25) is 9.59 Å². The number of hydrogen-bond donors (Lipinski definition) is 2. The highest BCUT2D eigenvalue weighted by Gasteiger charge is 2.55. The van der Waals surface area contributed by atoms with Crippen LogP contribution in [0.3, 0.4) is 0 Å². The maximum atomic E-state index is 12.4. The molecular weight excluding hydrogens is 334 g/mol. The lowest BCUT2D eigenvalue weighted by molar-refractivity contribution is -0.145. The van der Waals surface area contributed by atoms with Crippen LogP contribution in [0, 0.1) is 12.8 Å². The number of amides is 3. The molecule has 0 saturated carbocycles. The minimum atomic E-state index is -0.931. The third-order valence-corrected chi connectivity index (χ3v) is 5.85. The van der Waals surface area contributed by atoms with E-state index in [1.807, 2.05) is 31.2 Å². The third-order valence-electron chi connectivity index (χ3n) is 5.85. The summed E-state index contributed by atoms with van der Waals surface area (Å²) in [5.41, 5.74) is 1.53. The van der Waals surface area contributed by atoms with Gasteiger partial charge in [0, 0.05) is 33.1 Å². The summed E-state index contributed by atoms with van der Waals surface area (Å²) >= 11 is 0. The van der Waals surface area contributed by atoms with E-state index in [9.17, 15) is 19.5 Å². The van der Waals surface area contributed by atoms with Crippen molar-refractivity contribution in [2.45, 2.75) is 38.3 Å². The molecule has 2 N–H and O–H groups in total. The van der Waals surface area contributed by atoms with Crippen LogP contribution in [-0.4, -0.2) is 58.5 Å². The van der Waals surface area contributed by atoms with E-state index in [2.05, 4.69) is 5.32 Å². The van der Waals surface area contributed by atoms with Crippen molar-refractivity contribution in [3.05, 3.63) is 35.4 Å². The lowest BCUT2D eigenvalue weighted by Crippen LogP contribution is -2.58. The van der Waals surface area contributed by atoms with Crippen LogP contribution in [0.4, 0.5) is 4.79 Å². The Morgan fingerprint density at radius 2 is 1.85 bits per heavy atom. The van der Waals surface area contributed by atoms with Gasteiger partial charge < -0.3 is 20.2 Å². The molecule has 0 aliphatic carbocycles. The second-order valence-electron chi connectivity index (χ2n) is 7.28. The number of aliphatic carboxylic acids is 1. The van der Waals surface area contributed by atoms with E-state index in [0.29, 0.717) is 32.5 Å². The number of benzene rings is 1. The zero-order chi connectivity index (χ0) is 18.9. The average Bonchev–Trinajstić information content (AvgIpc) is 2.87. The highest BCUT2D eigenvalue weighted by Crippen LogP contribution is 2.42. The Balaban J connectivity index is 1.59. The molecule has 2 heterocycles. The summed E-state index contributed by atoms with van der Waals surface area (Å²) in [6, 6.07) is 7.82. The Hall–Kier alpha value is -2.57. The van der Waals surface area contributed by atoms with E-state index in [-0.39, 0.29) is 18.4 Å². The van der Waals surface area contributed by atoms with Gasteiger partial charge in [-0.05, 0) is 25.3 Å². The van der Waals surface area contributed by atoms with Gasteiger partial charge in [0.05, 0.1) is 11.5 Å². The molecule has 7 heteroatoms. The van der Waals surface area contributed by atoms with Gasteiger partial charge in [-0.2, -0.15) is 0 Å². The molecule has 140 valence electrons. The fourth-order valence-corrected chi connectivity index (χ4v) is 4.08. The smallest absolute Gasteiger partial charge is 0.317 e. The molecule has 2 saturated heterocycles. The number of carboxylic acids is 1. The summed E-state index contributed by atoms with van der Waals surface area (Å²) < 4.78 is 0. The second kappa shape index (κ2) is 6.97. The lowest BCUT2D eigenvalue weighted by Gasteiger charge is -2.45. The fraction of sp³-hybridized carbons (Fsp3) is 0.526. The van der Waals surface area contributed by atoms with Gasteiger partial charge in [0.2, 0.25) is 5.91 Å². The quantitative estimate of drug-likeness (QED) is 0.858. The van der Waals surface area contributed by atoms with E-state index in [0.717, 1.165) is 5.56 Å². The van der Waals surface area contributed by atoms with Crippen molar-refractivity contribution in [1.82, 2.24) is 15.1 Å². The number of aryl methyl sites for hydroxylation is 1. The molecule has 3 rings (SSSR count). The molecule has 1 aromatic carbocycles. The number of hydrogen-bond acceptors (Lipinski definition) is 3. The van der Waals surface area contributed by atoms with Crippen molar-refractivity contribution in [2.75, 3.05) is 20.1 Å². The van der Waals surface area contributed by atoms with Gasteiger partial charge in [0.25, 0.3) is 0 Å². The van der Waals surface area contributed by atoms with Crippen LogP contribution >= 0.6 is 0 Å². The fourth-order valence-electron chi connectivity index (χ4n) is 4.08. The SMILES string of the molecule is Cc1ccc(CNC(=O)N2CCC3(CC2)[C@H](C(=O)O)CC(=O)N3C)cc1. The Bertz CT molecular complexity index is 708. The highest BCUT2D eigenvalue weighted by molar-refractivity contribution is 5.88. The van der Waals surface area contributed by atoms with Crippen molar-refractivity contribution in [3.8, 4) is 0 Å². The Morgan fingerprint density at radius 3 is 2.42 bits per heavy atom. The van der Waals surface area contributed by atoms with E-state index < -0.39 is 17.4 Å². The Kier molecular flexibility index (Phi) is 4.89. The molecule has 0 bridgehead atoms. The number of carbonyl (C=O) groups excluding carboxylic acids is 2. The average molecular weight is 359 g/mol. The van der Waals surface area contributed by atoms with E-state index in [4.69, 9.17) is 0 Å². The zero-order valence-electron chi connectivity index (χ0n) is 15.2. The topological polar surface area (TPSA) is 90.0 Å². The molecule has 0 unspecified atom stereocenters. The first-order valence-corrected chi connectivity index (χ1v) is 8.91. The summed E-state index contributed by atoms with van der Waals surface area (Å²) in [7, 11) is 1.68. The van der Waals surface area contributed by atoms with E-state index in [1.165, 1.54) is 5.56 Å². The number of rotatable bonds is 3. The van der Waals surface area contributed by atoms with Gasteiger partial charge in [-0.1, -0.05) is 29.8 Å². The van der Waals surface area contributed by atoms with Crippen LogP contribution in [-0.2, 0) is 16.1 Å². The first-order valence-electron chi connectivity index (χ1n) is 8.91. The maximum Gasteiger partial charge on any atom is 0.317 e. The van der Waals surface area contributed by atoms with Crippen LogP contribution in [0.25, 0.3) is 0 Å². The molecule has 1 aromatic rings. The Morgan fingerprint density at radius 1 is 1.23 bits per heavy atom. The predicted molar refractivity (Wildman–Crippen MR) is 95.5 cm³/mol. The molecule has 2 fully saturated rings. The largest absolute Gasteiger partial charge is 0.481 e. The minimum absolute atomic E-state index is 0.0471. The van der Waals surface area contributed by atoms with Gasteiger partial charge in [-0.25, -0.2) is 4.79 Å². The number of nitrogens with one attached hydrogen (secondary N) is 1. The highest BCUT2D eigenvalue weighted by atomic mass is 16.4. The van der Waals surface area contributed by atoms with E-state index >= 15 is 0 Å². The standard InChI is InChI=1S/C19H25N3O4/c1-13-3-5-14(6-4-13)12-20-18(26)22-9-7-19(8-10-22)15(17(24)25)11-16(23)21(19)2/h3-6,15H,7-12H2,1-2H3,(H,20,26)(H,24,25)/t15-/m0/s1. The number of likely N-dealkylation sites (tertiary alicyclic amines) is 2. The van der Waals surface area contributed by atoms with Crippen LogP contribution < -0.4 is 5.32 Å². The van der Waals surface area contributed by atoms with E-state index in [1.54, 1.807) is 16.8 Å². The van der Waals surface area contributed by atoms with Gasteiger partial charge >= 0.3 is 12.0 Å². The molecule has 0 aromatic heterocycles. The first-order chi connectivity index (χ1) is 12.3. The van der Waals surface area contributed by atoms with Gasteiger partial charge in [0.1, 0.15) is 0 Å². The summed E-state index contributed by atoms with van der Waals surface area (Å²) in [5, 5.41) is 12.4. The number of carbonyl (C=O) groups is 3. The summed E-state index contributed by atoms with van der Waals surface area (Å²) in [5.74, 6) is -1.76. The molecule has 2 aliphatic heterocycles. The number of piperidine rings is 1. The lowest BCUT2D eigenvalue weighted by atomic mass is 9.77. The number of nitrogens with zero attached hydrogens (tertiary/aromatic N) is 2. The number of carboxylic acid groups (broad SMARTS) is 1. The number of urea groups is 1. The molecular formula is C19H25N3O4.